The molecule has 0 aromatic heterocycles. The molecule has 0 saturated heterocycles. The first kappa shape index (κ1) is 17.5. The summed E-state index contributed by atoms with van der Waals surface area (Å²) in [6.07, 6.45) is 5.83. The van der Waals surface area contributed by atoms with Crippen molar-refractivity contribution in [3.63, 3.8) is 0 Å². The maximum atomic E-state index is 11.3. The lowest BCUT2D eigenvalue weighted by Gasteiger charge is -2.29. The van der Waals surface area contributed by atoms with Gasteiger partial charge in [-0.05, 0) is 47.4 Å². The summed E-state index contributed by atoms with van der Waals surface area (Å²) >= 11 is 5.62. The molecular weight excluding hydrogens is 244 g/mol. The Balaban J connectivity index is 4.67. The zero-order chi connectivity index (χ0) is 14.6. The molecule has 0 aromatic rings. The molecule has 0 unspecified atom stereocenters. The zero-order valence-corrected chi connectivity index (χ0v) is 13.6. The van der Waals surface area contributed by atoms with E-state index < -0.39 is 5.41 Å². The standard InChI is InChI=1S/C16H27ClO/c1-14(2,3)10-8-9-11-15(4,5)12-16(6,7)13(17)18/h8,11H,10,12H2,1-7H3. The van der Waals surface area contributed by atoms with Gasteiger partial charge in [-0.15, -0.1) is 5.73 Å². The van der Waals surface area contributed by atoms with Crippen molar-refractivity contribution in [3.8, 4) is 0 Å². The highest BCUT2D eigenvalue weighted by atomic mass is 35.5. The SMILES string of the molecule is CC(C)(C)CC=C=CC(C)(C)CC(C)(C)C(=O)Cl. The fraction of sp³-hybridized carbons (Fsp3) is 0.750. The molecular formula is C16H27ClO. The molecule has 0 spiro atoms. The second-order valence-corrected chi connectivity index (χ2v) is 7.95. The molecule has 0 aromatic carbocycles. The molecule has 0 radical (unpaired) electrons. The molecule has 0 rings (SSSR count). The Bertz CT molecular complexity index is 350. The van der Waals surface area contributed by atoms with E-state index in [1.807, 2.05) is 19.9 Å². The van der Waals surface area contributed by atoms with Crippen LogP contribution in [0.2, 0.25) is 0 Å². The summed E-state index contributed by atoms with van der Waals surface area (Å²) in [4.78, 5) is 11.3. The summed E-state index contributed by atoms with van der Waals surface area (Å²) in [5.74, 6) is 0. The summed E-state index contributed by atoms with van der Waals surface area (Å²) in [5.41, 5.74) is 2.95. The third kappa shape index (κ3) is 7.74. The van der Waals surface area contributed by atoms with Crippen molar-refractivity contribution in [3.05, 3.63) is 17.9 Å². The maximum absolute atomic E-state index is 11.3. The molecule has 0 aliphatic carbocycles. The summed E-state index contributed by atoms with van der Waals surface area (Å²) in [5, 5.41) is -0.275. The van der Waals surface area contributed by atoms with Gasteiger partial charge in [0.05, 0.1) is 0 Å². The van der Waals surface area contributed by atoms with Crippen LogP contribution >= 0.6 is 11.6 Å². The first-order valence-electron chi connectivity index (χ1n) is 6.48. The maximum Gasteiger partial charge on any atom is 0.227 e. The Kier molecular flexibility index (Phi) is 5.91. The van der Waals surface area contributed by atoms with Crippen molar-refractivity contribution in [2.75, 3.05) is 0 Å². The Hall–Kier alpha value is -0.520. The van der Waals surface area contributed by atoms with Gasteiger partial charge in [-0.3, -0.25) is 4.79 Å². The normalized spacial score (nSPS) is 12.9. The van der Waals surface area contributed by atoms with Gasteiger partial charge >= 0.3 is 0 Å². The predicted octanol–water partition coefficient (Wildman–Crippen LogP) is 5.34. The minimum Gasteiger partial charge on any atom is -0.281 e. The van der Waals surface area contributed by atoms with E-state index in [0.717, 1.165) is 12.8 Å². The molecule has 0 amide bonds. The van der Waals surface area contributed by atoms with Gasteiger partial charge in [0, 0.05) is 5.41 Å². The third-order valence-corrected chi connectivity index (χ3v) is 3.25. The number of carbonyl (C=O) groups is 1. The Labute approximate surface area is 117 Å². The highest BCUT2D eigenvalue weighted by molar-refractivity contribution is 6.64. The van der Waals surface area contributed by atoms with E-state index in [2.05, 4.69) is 46.4 Å². The molecule has 2 heteroatoms. The van der Waals surface area contributed by atoms with Gasteiger partial charge in [0.15, 0.2) is 0 Å². The zero-order valence-electron chi connectivity index (χ0n) is 12.9. The van der Waals surface area contributed by atoms with Gasteiger partial charge in [-0.1, -0.05) is 48.5 Å². The van der Waals surface area contributed by atoms with E-state index in [9.17, 15) is 4.79 Å². The first-order chi connectivity index (χ1) is 7.86. The lowest BCUT2D eigenvalue weighted by molar-refractivity contribution is -0.120. The highest BCUT2D eigenvalue weighted by Crippen LogP contribution is 2.36. The fourth-order valence-corrected chi connectivity index (χ4v) is 1.98. The average Bonchev–Trinajstić information content (AvgIpc) is 2.09. The van der Waals surface area contributed by atoms with Gasteiger partial charge in [-0.25, -0.2) is 0 Å². The monoisotopic (exact) mass is 270 g/mol. The van der Waals surface area contributed by atoms with E-state index in [1.54, 1.807) is 0 Å². The molecule has 0 N–H and O–H groups in total. The van der Waals surface area contributed by atoms with Crippen LogP contribution in [0.5, 0.6) is 0 Å². The number of allylic oxidation sites excluding steroid dienone is 1. The summed E-state index contributed by atoms with van der Waals surface area (Å²) < 4.78 is 0. The van der Waals surface area contributed by atoms with Crippen molar-refractivity contribution in [1.82, 2.24) is 0 Å². The van der Waals surface area contributed by atoms with Crippen molar-refractivity contribution in [2.45, 2.75) is 61.3 Å². The Morgan fingerprint density at radius 3 is 2.00 bits per heavy atom. The molecule has 0 bridgehead atoms. The van der Waals surface area contributed by atoms with Crippen LogP contribution in [0.4, 0.5) is 0 Å². The summed E-state index contributed by atoms with van der Waals surface area (Å²) in [7, 11) is 0. The highest BCUT2D eigenvalue weighted by Gasteiger charge is 2.32. The summed E-state index contributed by atoms with van der Waals surface area (Å²) in [6, 6.07) is 0. The topological polar surface area (TPSA) is 17.1 Å². The first-order valence-corrected chi connectivity index (χ1v) is 6.86. The lowest BCUT2D eigenvalue weighted by atomic mass is 9.76. The van der Waals surface area contributed by atoms with E-state index in [4.69, 9.17) is 11.6 Å². The lowest BCUT2D eigenvalue weighted by Crippen LogP contribution is -2.26. The number of carbonyl (C=O) groups excluding carboxylic acids is 1. The molecule has 0 aliphatic heterocycles. The van der Waals surface area contributed by atoms with Gasteiger partial charge < -0.3 is 0 Å². The molecule has 1 nitrogen and oxygen atoms in total. The summed E-state index contributed by atoms with van der Waals surface area (Å²) in [6.45, 7) is 14.6. The second kappa shape index (κ2) is 6.08. The largest absolute Gasteiger partial charge is 0.281 e. The van der Waals surface area contributed by atoms with Crippen LogP contribution in [0, 0.1) is 16.2 Å². The van der Waals surface area contributed by atoms with Crippen LogP contribution in [-0.2, 0) is 4.79 Å². The van der Waals surface area contributed by atoms with E-state index in [0.29, 0.717) is 0 Å². The van der Waals surface area contributed by atoms with Gasteiger partial charge in [0.25, 0.3) is 0 Å². The molecule has 0 heterocycles. The molecule has 18 heavy (non-hydrogen) atoms. The van der Waals surface area contributed by atoms with Crippen molar-refractivity contribution in [1.29, 1.82) is 0 Å². The van der Waals surface area contributed by atoms with Crippen LogP contribution in [0.3, 0.4) is 0 Å². The number of hydrogen-bond donors (Lipinski definition) is 0. The van der Waals surface area contributed by atoms with Crippen LogP contribution < -0.4 is 0 Å². The van der Waals surface area contributed by atoms with Crippen molar-refractivity contribution in [2.24, 2.45) is 16.2 Å². The number of hydrogen-bond acceptors (Lipinski definition) is 1. The minimum absolute atomic E-state index is 0.0809. The van der Waals surface area contributed by atoms with E-state index in [-0.39, 0.29) is 16.1 Å². The second-order valence-electron chi connectivity index (χ2n) is 7.60. The number of rotatable bonds is 5. The van der Waals surface area contributed by atoms with Crippen LogP contribution in [0.1, 0.15) is 61.3 Å². The van der Waals surface area contributed by atoms with Gasteiger partial charge in [0.1, 0.15) is 0 Å². The fourth-order valence-electron chi connectivity index (χ4n) is 1.91. The van der Waals surface area contributed by atoms with Crippen LogP contribution in [0.15, 0.2) is 17.9 Å². The average molecular weight is 271 g/mol. The third-order valence-electron chi connectivity index (χ3n) is 2.74. The van der Waals surface area contributed by atoms with E-state index >= 15 is 0 Å². The van der Waals surface area contributed by atoms with Gasteiger partial charge in [-0.2, -0.15) is 0 Å². The Morgan fingerprint density at radius 1 is 1.11 bits per heavy atom. The molecule has 0 atom stereocenters. The molecule has 0 saturated carbocycles. The van der Waals surface area contributed by atoms with E-state index in [1.165, 1.54) is 0 Å². The molecule has 0 aliphatic rings. The van der Waals surface area contributed by atoms with Crippen LogP contribution in [0.25, 0.3) is 0 Å². The Morgan fingerprint density at radius 2 is 1.61 bits per heavy atom. The van der Waals surface area contributed by atoms with Crippen molar-refractivity contribution >= 4 is 16.8 Å². The minimum atomic E-state index is -0.493. The molecule has 0 fully saturated rings. The number of halogens is 1. The smallest absolute Gasteiger partial charge is 0.227 e. The quantitative estimate of drug-likeness (QED) is 0.487. The predicted molar refractivity (Wildman–Crippen MR) is 79.8 cm³/mol. The van der Waals surface area contributed by atoms with Crippen LogP contribution in [-0.4, -0.2) is 5.24 Å². The van der Waals surface area contributed by atoms with Gasteiger partial charge in [0.2, 0.25) is 5.24 Å². The van der Waals surface area contributed by atoms with Crippen molar-refractivity contribution < 1.29 is 4.79 Å². The molecule has 104 valence electrons.